The molecule has 0 bridgehead atoms. The van der Waals surface area contributed by atoms with Crippen LogP contribution in [0.25, 0.3) is 0 Å². The fourth-order valence-electron chi connectivity index (χ4n) is 2.13. The van der Waals surface area contributed by atoms with Crippen LogP contribution in [0.4, 0.5) is 11.5 Å². The maximum atomic E-state index is 12.2. The number of benzene rings is 1. The fraction of sp³-hybridized carbons (Fsp3) is 0.333. The van der Waals surface area contributed by atoms with Gasteiger partial charge in [0.2, 0.25) is 0 Å². The van der Waals surface area contributed by atoms with Gasteiger partial charge in [0.1, 0.15) is 5.82 Å². The van der Waals surface area contributed by atoms with Crippen molar-refractivity contribution in [2.45, 2.75) is 32.8 Å². The molecule has 1 atom stereocenters. The van der Waals surface area contributed by atoms with Crippen LogP contribution in [0.2, 0.25) is 0 Å². The van der Waals surface area contributed by atoms with Gasteiger partial charge in [0.15, 0.2) is 0 Å². The van der Waals surface area contributed by atoms with Crippen molar-refractivity contribution >= 4 is 17.4 Å². The minimum Gasteiger partial charge on any atom is -0.391 e. The molecule has 1 amide bonds. The Hall–Kier alpha value is -2.40. The molecule has 0 saturated carbocycles. The van der Waals surface area contributed by atoms with Crippen molar-refractivity contribution < 1.29 is 9.90 Å². The Morgan fingerprint density at radius 1 is 1.22 bits per heavy atom. The highest BCUT2D eigenvalue weighted by molar-refractivity contribution is 6.04. The molecule has 1 aromatic carbocycles. The van der Waals surface area contributed by atoms with E-state index in [1.807, 2.05) is 38.1 Å². The van der Waals surface area contributed by atoms with Crippen LogP contribution in [0, 0.1) is 6.92 Å². The number of aliphatic hydroxyl groups excluding tert-OH is 1. The molecule has 0 aliphatic rings. The summed E-state index contributed by atoms with van der Waals surface area (Å²) < 4.78 is 0. The van der Waals surface area contributed by atoms with Gasteiger partial charge in [0.05, 0.1) is 11.7 Å². The number of pyridine rings is 1. The van der Waals surface area contributed by atoms with Gasteiger partial charge in [-0.25, -0.2) is 4.98 Å². The quantitative estimate of drug-likeness (QED) is 0.734. The fourth-order valence-corrected chi connectivity index (χ4v) is 2.13. The Kier molecular flexibility index (Phi) is 6.11. The molecular weight excluding hydrogens is 290 g/mol. The molecule has 2 rings (SSSR count). The monoisotopic (exact) mass is 313 g/mol. The Balaban J connectivity index is 1.90. The minimum atomic E-state index is -0.383. The number of nitrogens with zero attached hydrogens (tertiary/aromatic N) is 1. The summed E-state index contributed by atoms with van der Waals surface area (Å²) >= 11 is 0. The third-order valence-corrected chi connectivity index (χ3v) is 3.48. The maximum Gasteiger partial charge on any atom is 0.257 e. The maximum absolute atomic E-state index is 12.2. The van der Waals surface area contributed by atoms with E-state index in [-0.39, 0.29) is 12.0 Å². The van der Waals surface area contributed by atoms with Gasteiger partial charge in [-0.3, -0.25) is 4.79 Å². The molecule has 1 heterocycles. The van der Waals surface area contributed by atoms with Gasteiger partial charge >= 0.3 is 0 Å². The number of aliphatic hydroxyl groups is 1. The topological polar surface area (TPSA) is 74.2 Å². The number of amides is 1. The number of aryl methyl sites for hydroxylation is 1. The van der Waals surface area contributed by atoms with Crippen LogP contribution >= 0.6 is 0 Å². The first-order valence-electron chi connectivity index (χ1n) is 7.84. The molecule has 3 N–H and O–H groups in total. The zero-order valence-electron chi connectivity index (χ0n) is 13.5. The second kappa shape index (κ2) is 8.29. The zero-order valence-corrected chi connectivity index (χ0v) is 13.5. The number of carbonyl (C=O) groups excluding carboxylic acids is 1. The van der Waals surface area contributed by atoms with Gasteiger partial charge < -0.3 is 15.7 Å². The van der Waals surface area contributed by atoms with E-state index in [1.165, 1.54) is 6.20 Å². The highest BCUT2D eigenvalue weighted by Crippen LogP contribution is 2.12. The molecular formula is C18H23N3O2. The zero-order chi connectivity index (χ0) is 16.7. The van der Waals surface area contributed by atoms with Crippen molar-refractivity contribution in [3.05, 3.63) is 53.7 Å². The summed E-state index contributed by atoms with van der Waals surface area (Å²) in [6.45, 7) is 4.48. The number of carbonyl (C=O) groups is 1. The molecule has 0 spiro atoms. The van der Waals surface area contributed by atoms with E-state index in [0.29, 0.717) is 17.9 Å². The highest BCUT2D eigenvalue weighted by atomic mass is 16.3. The van der Waals surface area contributed by atoms with Crippen LogP contribution in [0.3, 0.4) is 0 Å². The van der Waals surface area contributed by atoms with Crippen molar-refractivity contribution in [3.8, 4) is 0 Å². The molecule has 1 aromatic heterocycles. The van der Waals surface area contributed by atoms with Gasteiger partial charge in [-0.2, -0.15) is 0 Å². The molecule has 0 fully saturated rings. The third-order valence-electron chi connectivity index (χ3n) is 3.48. The molecule has 0 aliphatic heterocycles. The number of anilines is 2. The molecule has 1 unspecified atom stereocenters. The summed E-state index contributed by atoms with van der Waals surface area (Å²) in [7, 11) is 0. The second-order valence-corrected chi connectivity index (χ2v) is 5.58. The molecule has 0 aliphatic carbocycles. The van der Waals surface area contributed by atoms with Gasteiger partial charge in [0, 0.05) is 18.4 Å². The number of hydrogen-bond donors (Lipinski definition) is 3. The lowest BCUT2D eigenvalue weighted by molar-refractivity contribution is 0.102. The van der Waals surface area contributed by atoms with Crippen LogP contribution in [-0.2, 0) is 0 Å². The van der Waals surface area contributed by atoms with Crippen LogP contribution in [0.15, 0.2) is 42.6 Å². The molecule has 122 valence electrons. The predicted molar refractivity (Wildman–Crippen MR) is 92.8 cm³/mol. The Morgan fingerprint density at radius 3 is 2.57 bits per heavy atom. The van der Waals surface area contributed by atoms with Crippen LogP contribution < -0.4 is 10.6 Å². The lowest BCUT2D eigenvalue weighted by Crippen LogP contribution is -2.19. The highest BCUT2D eigenvalue weighted by Gasteiger charge is 2.07. The second-order valence-electron chi connectivity index (χ2n) is 5.58. The largest absolute Gasteiger partial charge is 0.391 e. The van der Waals surface area contributed by atoms with E-state index >= 15 is 0 Å². The summed E-state index contributed by atoms with van der Waals surface area (Å²) in [6, 6.07) is 11.1. The van der Waals surface area contributed by atoms with Gasteiger partial charge in [-0.05, 0) is 37.6 Å². The van der Waals surface area contributed by atoms with Crippen molar-refractivity contribution in [2.75, 3.05) is 17.2 Å². The Bertz CT molecular complexity index is 624. The van der Waals surface area contributed by atoms with Crippen LogP contribution in [-0.4, -0.2) is 28.6 Å². The van der Waals surface area contributed by atoms with E-state index in [4.69, 9.17) is 0 Å². The number of aromatic nitrogens is 1. The van der Waals surface area contributed by atoms with Crippen molar-refractivity contribution in [3.63, 3.8) is 0 Å². The number of hydrogen-bond acceptors (Lipinski definition) is 4. The SMILES string of the molecule is CCCC(O)CNc1ccc(C(=O)Nc2ccc(C)cc2)cn1. The predicted octanol–water partition coefficient (Wildman–Crippen LogP) is 3.22. The van der Waals surface area contributed by atoms with Gasteiger partial charge in [-0.1, -0.05) is 31.0 Å². The Morgan fingerprint density at radius 2 is 1.96 bits per heavy atom. The smallest absolute Gasteiger partial charge is 0.257 e. The first-order chi connectivity index (χ1) is 11.1. The minimum absolute atomic E-state index is 0.195. The van der Waals surface area contributed by atoms with E-state index in [9.17, 15) is 9.90 Å². The van der Waals surface area contributed by atoms with Crippen molar-refractivity contribution in [2.24, 2.45) is 0 Å². The molecule has 0 saturated heterocycles. The Labute approximate surface area is 136 Å². The molecule has 23 heavy (non-hydrogen) atoms. The average molecular weight is 313 g/mol. The summed E-state index contributed by atoms with van der Waals surface area (Å²) in [5.74, 6) is 0.450. The van der Waals surface area contributed by atoms with Crippen LogP contribution in [0.1, 0.15) is 35.7 Å². The first kappa shape index (κ1) is 17.0. The standard InChI is InChI=1S/C18H23N3O2/c1-3-4-16(22)12-20-17-10-7-14(11-19-17)18(23)21-15-8-5-13(2)6-9-15/h5-11,16,22H,3-4,12H2,1-2H3,(H,19,20)(H,21,23). The first-order valence-corrected chi connectivity index (χ1v) is 7.84. The van der Waals surface area contributed by atoms with Gasteiger partial charge in [-0.15, -0.1) is 0 Å². The van der Waals surface area contributed by atoms with E-state index in [2.05, 4.69) is 15.6 Å². The molecule has 0 radical (unpaired) electrons. The van der Waals surface area contributed by atoms with E-state index in [0.717, 1.165) is 24.1 Å². The summed E-state index contributed by atoms with van der Waals surface area (Å²) in [5.41, 5.74) is 2.39. The van der Waals surface area contributed by atoms with E-state index in [1.54, 1.807) is 12.1 Å². The van der Waals surface area contributed by atoms with Gasteiger partial charge in [0.25, 0.3) is 5.91 Å². The number of rotatable bonds is 7. The average Bonchev–Trinajstić information content (AvgIpc) is 2.56. The summed E-state index contributed by atoms with van der Waals surface area (Å²) in [5, 5.41) is 15.6. The summed E-state index contributed by atoms with van der Waals surface area (Å²) in [4.78, 5) is 16.4. The van der Waals surface area contributed by atoms with Crippen LogP contribution in [0.5, 0.6) is 0 Å². The lowest BCUT2D eigenvalue weighted by atomic mass is 10.2. The normalized spacial score (nSPS) is 11.8. The third kappa shape index (κ3) is 5.38. The number of nitrogens with one attached hydrogen (secondary N) is 2. The molecule has 5 heteroatoms. The summed E-state index contributed by atoms with van der Waals surface area (Å²) in [6.07, 6.45) is 2.84. The molecule has 5 nitrogen and oxygen atoms in total. The van der Waals surface area contributed by atoms with Crippen molar-refractivity contribution in [1.82, 2.24) is 4.98 Å². The van der Waals surface area contributed by atoms with Crippen molar-refractivity contribution in [1.29, 1.82) is 0 Å². The lowest BCUT2D eigenvalue weighted by Gasteiger charge is -2.11. The van der Waals surface area contributed by atoms with E-state index < -0.39 is 0 Å². The molecule has 2 aromatic rings.